The van der Waals surface area contributed by atoms with Crippen LogP contribution in [0.2, 0.25) is 0 Å². The van der Waals surface area contributed by atoms with Crippen molar-refractivity contribution >= 4 is 10.9 Å². The van der Waals surface area contributed by atoms with E-state index < -0.39 is 0 Å². The number of para-hydroxylation sites is 1. The van der Waals surface area contributed by atoms with E-state index in [0.717, 1.165) is 16.6 Å². The van der Waals surface area contributed by atoms with Gasteiger partial charge in [-0.1, -0.05) is 30.3 Å². The molecule has 0 saturated heterocycles. The van der Waals surface area contributed by atoms with Gasteiger partial charge in [0.05, 0.1) is 11.2 Å². The van der Waals surface area contributed by atoms with Crippen molar-refractivity contribution in [1.29, 1.82) is 0 Å². The van der Waals surface area contributed by atoms with Gasteiger partial charge in [0.2, 0.25) is 0 Å². The van der Waals surface area contributed by atoms with Crippen molar-refractivity contribution in [3.05, 3.63) is 64.8 Å². The first-order valence-electron chi connectivity index (χ1n) is 5.13. The Labute approximate surface area is 92.5 Å². The molecular weight excluding hydrogens is 198 g/mol. The van der Waals surface area contributed by atoms with E-state index in [1.54, 1.807) is 12.1 Å². The van der Waals surface area contributed by atoms with Crippen LogP contribution in [0.25, 0.3) is 22.2 Å². The van der Waals surface area contributed by atoms with E-state index in [2.05, 4.69) is 4.98 Å². The normalized spacial score (nSPS) is 10.8. The number of aromatic nitrogens is 1. The van der Waals surface area contributed by atoms with Crippen LogP contribution < -0.4 is 5.43 Å². The van der Waals surface area contributed by atoms with Gasteiger partial charge in [0, 0.05) is 10.9 Å². The third kappa shape index (κ3) is 1.36. The maximum absolute atomic E-state index is 11.7. The number of fused-ring (bicyclic) bond motifs is 2. The number of benzene rings is 2. The minimum absolute atomic E-state index is 0.0188. The fourth-order valence-corrected chi connectivity index (χ4v) is 1.83. The molecular formula is C14H9NO. The first kappa shape index (κ1) is 9.04. The average Bonchev–Trinajstić information content (AvgIpc) is 2.48. The third-order valence-corrected chi connectivity index (χ3v) is 2.65. The van der Waals surface area contributed by atoms with Crippen LogP contribution in [0.15, 0.2) is 59.4 Å². The molecule has 76 valence electrons. The molecule has 0 bridgehead atoms. The molecule has 0 radical (unpaired) electrons. The van der Waals surface area contributed by atoms with Gasteiger partial charge in [-0.25, -0.2) is 4.98 Å². The standard InChI is InChI=1S/C14H9NO/c16-14-7-3-6-13-11(14)9-8-10-4-1-2-5-12(10)15-13/h1-9H. The molecule has 0 saturated carbocycles. The molecule has 2 heteroatoms. The summed E-state index contributed by atoms with van der Waals surface area (Å²) in [7, 11) is 0. The van der Waals surface area contributed by atoms with Gasteiger partial charge in [-0.05, 0) is 24.3 Å². The lowest BCUT2D eigenvalue weighted by molar-refractivity contribution is 1.39. The maximum atomic E-state index is 11.7. The fraction of sp³-hybridized carbons (Fsp3) is 0. The summed E-state index contributed by atoms with van der Waals surface area (Å²) in [6.07, 6.45) is 0. The lowest BCUT2D eigenvalue weighted by atomic mass is 10.1. The second-order valence-electron chi connectivity index (χ2n) is 3.69. The van der Waals surface area contributed by atoms with Crippen molar-refractivity contribution in [3.8, 4) is 11.3 Å². The molecule has 0 aromatic heterocycles. The van der Waals surface area contributed by atoms with Crippen LogP contribution >= 0.6 is 0 Å². The van der Waals surface area contributed by atoms with E-state index >= 15 is 0 Å². The van der Waals surface area contributed by atoms with Gasteiger partial charge < -0.3 is 0 Å². The van der Waals surface area contributed by atoms with E-state index in [-0.39, 0.29) is 5.43 Å². The zero-order valence-electron chi connectivity index (χ0n) is 8.55. The monoisotopic (exact) mass is 207 g/mol. The minimum atomic E-state index is 0.0188. The number of rotatable bonds is 0. The molecule has 0 amide bonds. The van der Waals surface area contributed by atoms with Gasteiger partial charge in [-0.2, -0.15) is 0 Å². The molecule has 2 aliphatic rings. The van der Waals surface area contributed by atoms with E-state index in [9.17, 15) is 4.79 Å². The zero-order valence-corrected chi connectivity index (χ0v) is 8.55. The highest BCUT2D eigenvalue weighted by atomic mass is 16.1. The SMILES string of the molecule is O=c1cccc2nc3ccccc3ccc1-2. The van der Waals surface area contributed by atoms with Gasteiger partial charge in [0.25, 0.3) is 0 Å². The second kappa shape index (κ2) is 3.42. The topological polar surface area (TPSA) is 30.0 Å². The summed E-state index contributed by atoms with van der Waals surface area (Å²) in [5, 5.41) is 1.04. The summed E-state index contributed by atoms with van der Waals surface area (Å²) >= 11 is 0. The van der Waals surface area contributed by atoms with Crippen molar-refractivity contribution < 1.29 is 0 Å². The number of hydrogen-bond donors (Lipinski definition) is 0. The molecule has 3 rings (SSSR count). The first-order chi connectivity index (χ1) is 7.84. The van der Waals surface area contributed by atoms with Crippen LogP contribution in [0.4, 0.5) is 0 Å². The highest BCUT2D eigenvalue weighted by Crippen LogP contribution is 2.17. The van der Waals surface area contributed by atoms with Gasteiger partial charge in [-0.3, -0.25) is 4.79 Å². The summed E-state index contributed by atoms with van der Waals surface area (Å²) < 4.78 is 0. The average molecular weight is 207 g/mol. The third-order valence-electron chi connectivity index (χ3n) is 2.65. The zero-order chi connectivity index (χ0) is 11.0. The Kier molecular flexibility index (Phi) is 1.93. The van der Waals surface area contributed by atoms with Crippen LogP contribution in [-0.4, -0.2) is 4.98 Å². The molecule has 1 aliphatic carbocycles. The van der Waals surface area contributed by atoms with Gasteiger partial charge in [-0.15, -0.1) is 0 Å². The van der Waals surface area contributed by atoms with Crippen LogP contribution in [0, 0.1) is 0 Å². The van der Waals surface area contributed by atoms with Gasteiger partial charge >= 0.3 is 0 Å². The predicted octanol–water partition coefficient (Wildman–Crippen LogP) is 2.70. The summed E-state index contributed by atoms with van der Waals surface area (Å²) in [5.41, 5.74) is 2.33. The molecule has 0 atom stereocenters. The minimum Gasteiger partial charge on any atom is -0.289 e. The molecule has 0 spiro atoms. The molecule has 0 N–H and O–H groups in total. The van der Waals surface area contributed by atoms with Crippen molar-refractivity contribution in [2.75, 3.05) is 0 Å². The largest absolute Gasteiger partial charge is 0.289 e. The highest BCUT2D eigenvalue weighted by Gasteiger charge is 2.04. The van der Waals surface area contributed by atoms with Crippen LogP contribution in [0.5, 0.6) is 0 Å². The Bertz CT molecular complexity index is 691. The van der Waals surface area contributed by atoms with E-state index in [4.69, 9.17) is 0 Å². The predicted molar refractivity (Wildman–Crippen MR) is 64.6 cm³/mol. The summed E-state index contributed by atoms with van der Waals surface area (Å²) in [6, 6.07) is 16.8. The van der Waals surface area contributed by atoms with E-state index in [1.807, 2.05) is 42.5 Å². The Morgan fingerprint density at radius 2 is 1.69 bits per heavy atom. The Hall–Kier alpha value is -2.22. The van der Waals surface area contributed by atoms with Crippen molar-refractivity contribution in [2.24, 2.45) is 0 Å². The smallest absolute Gasteiger partial charge is 0.188 e. The summed E-state index contributed by atoms with van der Waals surface area (Å²) in [4.78, 5) is 16.2. The van der Waals surface area contributed by atoms with Crippen molar-refractivity contribution in [1.82, 2.24) is 4.98 Å². The summed E-state index contributed by atoms with van der Waals surface area (Å²) in [5.74, 6) is 0. The Balaban J connectivity index is 2.52. The number of hydrogen-bond acceptors (Lipinski definition) is 2. The molecule has 16 heavy (non-hydrogen) atoms. The molecule has 1 aromatic rings. The van der Waals surface area contributed by atoms with Gasteiger partial charge in [0.1, 0.15) is 0 Å². The van der Waals surface area contributed by atoms with Crippen LogP contribution in [0.3, 0.4) is 0 Å². The summed E-state index contributed by atoms with van der Waals surface area (Å²) in [6.45, 7) is 0. The lowest BCUT2D eigenvalue weighted by Crippen LogP contribution is -2.01. The highest BCUT2D eigenvalue weighted by molar-refractivity contribution is 5.81. The van der Waals surface area contributed by atoms with Gasteiger partial charge in [0.15, 0.2) is 5.43 Å². The first-order valence-corrected chi connectivity index (χ1v) is 5.13. The molecule has 0 unspecified atom stereocenters. The molecule has 1 aromatic carbocycles. The second-order valence-corrected chi connectivity index (χ2v) is 3.69. The quantitative estimate of drug-likeness (QED) is 0.567. The fourth-order valence-electron chi connectivity index (χ4n) is 1.83. The molecule has 1 aliphatic heterocycles. The maximum Gasteiger partial charge on any atom is 0.188 e. The molecule has 0 fully saturated rings. The van der Waals surface area contributed by atoms with Crippen molar-refractivity contribution in [3.63, 3.8) is 0 Å². The van der Waals surface area contributed by atoms with Crippen molar-refractivity contribution in [2.45, 2.75) is 0 Å². The Morgan fingerprint density at radius 1 is 0.812 bits per heavy atom. The Morgan fingerprint density at radius 3 is 2.62 bits per heavy atom. The lowest BCUT2D eigenvalue weighted by Gasteiger charge is -1.95. The van der Waals surface area contributed by atoms with Crippen LogP contribution in [-0.2, 0) is 0 Å². The molecule has 2 nitrogen and oxygen atoms in total. The molecule has 1 heterocycles. The van der Waals surface area contributed by atoms with E-state index in [0.29, 0.717) is 5.56 Å². The number of nitrogens with zero attached hydrogens (tertiary/aromatic N) is 1. The van der Waals surface area contributed by atoms with Crippen LogP contribution in [0.1, 0.15) is 0 Å². The van der Waals surface area contributed by atoms with E-state index in [1.165, 1.54) is 0 Å².